The first-order valence-electron chi connectivity index (χ1n) is 7.89. The molecule has 1 amide bonds. The third kappa shape index (κ3) is 3.90. The number of aliphatic imine (C=N–C) groups is 1. The van der Waals surface area contributed by atoms with E-state index in [9.17, 15) is 9.18 Å². The van der Waals surface area contributed by atoms with Crippen LogP contribution in [0.15, 0.2) is 27.6 Å². The monoisotopic (exact) mass is 368 g/mol. The molecule has 0 unspecified atom stereocenters. The van der Waals surface area contributed by atoms with Crippen molar-refractivity contribution in [3.8, 4) is 0 Å². The smallest absolute Gasteiger partial charge is 0.250 e. The number of anilines is 1. The lowest BCUT2D eigenvalue weighted by atomic mass is 9.92. The number of benzene rings is 1. The SMILES string of the molecule is CN=[S@]1C[C@@](C)(c2cc(NC(=O)COC)ccc2F)N=C(N)C1(C)C. The Balaban J connectivity index is 2.46. The van der Waals surface area contributed by atoms with Crippen LogP contribution in [-0.2, 0) is 25.8 Å². The highest BCUT2D eigenvalue weighted by Crippen LogP contribution is 2.37. The van der Waals surface area contributed by atoms with Crippen molar-refractivity contribution in [3.05, 3.63) is 29.6 Å². The second-order valence-electron chi connectivity index (χ2n) is 6.65. The number of carbonyl (C=O) groups excluding carboxylic acids is 1. The van der Waals surface area contributed by atoms with Gasteiger partial charge >= 0.3 is 0 Å². The Morgan fingerprint density at radius 3 is 2.76 bits per heavy atom. The summed E-state index contributed by atoms with van der Waals surface area (Å²) in [6.07, 6.45) is 0. The molecule has 0 saturated heterocycles. The molecule has 1 aromatic rings. The van der Waals surface area contributed by atoms with E-state index in [0.29, 0.717) is 22.8 Å². The fraction of sp³-hybridized carbons (Fsp3) is 0.529. The summed E-state index contributed by atoms with van der Waals surface area (Å²) in [6.45, 7) is 5.78. The van der Waals surface area contributed by atoms with Crippen molar-refractivity contribution < 1.29 is 13.9 Å². The van der Waals surface area contributed by atoms with Crippen molar-refractivity contribution >= 4 is 28.1 Å². The Morgan fingerprint density at radius 2 is 2.16 bits per heavy atom. The number of nitrogens with zero attached hydrogens (tertiary/aromatic N) is 2. The van der Waals surface area contributed by atoms with Crippen LogP contribution in [0.2, 0.25) is 0 Å². The maximum atomic E-state index is 14.6. The van der Waals surface area contributed by atoms with Crippen LogP contribution in [-0.4, -0.2) is 43.0 Å². The lowest BCUT2D eigenvalue weighted by Gasteiger charge is -2.40. The van der Waals surface area contributed by atoms with E-state index in [-0.39, 0.29) is 23.1 Å². The Hall–Kier alpha value is -1.80. The predicted octanol–water partition coefficient (Wildman–Crippen LogP) is 2.21. The van der Waals surface area contributed by atoms with E-state index in [2.05, 4.69) is 14.7 Å². The minimum Gasteiger partial charge on any atom is -0.386 e. The number of methoxy groups -OCH3 is 1. The first-order valence-corrected chi connectivity index (χ1v) is 9.24. The van der Waals surface area contributed by atoms with Gasteiger partial charge in [-0.2, -0.15) is 0 Å². The highest BCUT2D eigenvalue weighted by atomic mass is 32.2. The van der Waals surface area contributed by atoms with Crippen molar-refractivity contribution in [1.82, 2.24) is 0 Å². The number of hydrogen-bond acceptors (Lipinski definition) is 5. The van der Waals surface area contributed by atoms with Crippen LogP contribution in [0.3, 0.4) is 0 Å². The van der Waals surface area contributed by atoms with Gasteiger partial charge < -0.3 is 15.8 Å². The van der Waals surface area contributed by atoms with Crippen molar-refractivity contribution in [2.75, 3.05) is 31.8 Å². The van der Waals surface area contributed by atoms with Gasteiger partial charge in [-0.1, -0.05) is 10.7 Å². The highest BCUT2D eigenvalue weighted by Gasteiger charge is 2.42. The molecule has 0 bridgehead atoms. The number of rotatable bonds is 4. The summed E-state index contributed by atoms with van der Waals surface area (Å²) in [7, 11) is 2.79. The lowest BCUT2D eigenvalue weighted by Crippen LogP contribution is -2.51. The molecule has 1 aromatic carbocycles. The number of nitrogens with one attached hydrogen (secondary N) is 1. The van der Waals surface area contributed by atoms with Gasteiger partial charge in [0.15, 0.2) is 0 Å². The molecule has 0 fully saturated rings. The summed E-state index contributed by atoms with van der Waals surface area (Å²) in [5.74, 6) is 0.330. The van der Waals surface area contributed by atoms with Crippen molar-refractivity contribution in [3.63, 3.8) is 0 Å². The van der Waals surface area contributed by atoms with Gasteiger partial charge in [0.05, 0.1) is 10.3 Å². The number of amides is 1. The second kappa shape index (κ2) is 7.21. The third-order valence-electron chi connectivity index (χ3n) is 4.32. The quantitative estimate of drug-likeness (QED) is 0.854. The van der Waals surface area contributed by atoms with Crippen molar-refractivity contribution in [2.24, 2.45) is 15.1 Å². The van der Waals surface area contributed by atoms with Gasteiger partial charge in [-0.15, -0.1) is 0 Å². The molecule has 138 valence electrons. The van der Waals surface area contributed by atoms with Crippen LogP contribution in [0.1, 0.15) is 26.3 Å². The summed E-state index contributed by atoms with van der Waals surface area (Å²) in [4.78, 5) is 16.3. The van der Waals surface area contributed by atoms with Crippen LogP contribution >= 0.6 is 0 Å². The number of halogens is 1. The van der Waals surface area contributed by atoms with Gasteiger partial charge in [-0.3, -0.25) is 14.1 Å². The number of amidine groups is 1. The topological polar surface area (TPSA) is 89.1 Å². The second-order valence-corrected chi connectivity index (χ2v) is 9.05. The molecule has 6 nitrogen and oxygen atoms in total. The van der Waals surface area contributed by atoms with Gasteiger partial charge in [0.25, 0.3) is 0 Å². The standard InChI is InChI=1S/C17H25FN4O2S/c1-16(2)15(19)22-17(3,10-25(16)20-4)12-8-11(6-7-13(12)18)21-14(23)9-24-5/h6-8H,9-10H2,1-5H3,(H2,19,22)(H,21,23)/t17-,25-/m0/s1. The van der Waals surface area contributed by atoms with Crippen molar-refractivity contribution in [2.45, 2.75) is 31.1 Å². The zero-order valence-corrected chi connectivity index (χ0v) is 16.0. The average molecular weight is 368 g/mol. The molecule has 2 rings (SSSR count). The van der Waals surface area contributed by atoms with E-state index < -0.39 is 16.2 Å². The maximum Gasteiger partial charge on any atom is 0.250 e. The summed E-state index contributed by atoms with van der Waals surface area (Å²) in [6, 6.07) is 4.45. The van der Waals surface area contributed by atoms with Crippen molar-refractivity contribution in [1.29, 1.82) is 0 Å². The number of carbonyl (C=O) groups is 1. The Bertz CT molecular complexity index is 748. The molecular formula is C17H25FN4O2S. The van der Waals surface area contributed by atoms with Gasteiger partial charge in [-0.25, -0.2) is 4.39 Å². The Labute approximate surface area is 150 Å². The molecule has 3 N–H and O–H groups in total. The normalized spacial score (nSPS) is 25.5. The lowest BCUT2D eigenvalue weighted by molar-refractivity contribution is -0.119. The molecule has 8 heteroatoms. The minimum atomic E-state index is -0.839. The molecular weight excluding hydrogens is 343 g/mol. The predicted molar refractivity (Wildman–Crippen MR) is 101 cm³/mol. The zero-order chi connectivity index (χ0) is 18.8. The largest absolute Gasteiger partial charge is 0.386 e. The molecule has 0 radical (unpaired) electrons. The fourth-order valence-corrected chi connectivity index (χ4v) is 4.76. The molecule has 25 heavy (non-hydrogen) atoms. The minimum absolute atomic E-state index is 0.0680. The fourth-order valence-electron chi connectivity index (χ4n) is 2.77. The number of hydrogen-bond donors (Lipinski definition) is 2. The van der Waals surface area contributed by atoms with Crippen LogP contribution in [0.4, 0.5) is 10.1 Å². The first kappa shape index (κ1) is 19.5. The van der Waals surface area contributed by atoms with E-state index in [4.69, 9.17) is 10.5 Å². The Morgan fingerprint density at radius 1 is 1.48 bits per heavy atom. The van der Waals surface area contributed by atoms with Gasteiger partial charge in [0.1, 0.15) is 18.3 Å². The van der Waals surface area contributed by atoms with E-state index in [0.717, 1.165) is 0 Å². The summed E-state index contributed by atoms with van der Waals surface area (Å²) < 4.78 is 23.5. The average Bonchev–Trinajstić information content (AvgIpc) is 2.53. The molecule has 2 atom stereocenters. The number of nitrogens with two attached hydrogens (primary N) is 1. The van der Waals surface area contributed by atoms with Crippen LogP contribution in [0.5, 0.6) is 0 Å². The van der Waals surface area contributed by atoms with Gasteiger partial charge in [0.2, 0.25) is 5.91 Å². The van der Waals surface area contributed by atoms with Gasteiger partial charge in [0, 0.05) is 31.2 Å². The third-order valence-corrected chi connectivity index (χ3v) is 6.98. The number of ether oxygens (including phenoxy) is 1. The maximum absolute atomic E-state index is 14.6. The molecule has 1 aliphatic rings. The van der Waals surface area contributed by atoms with E-state index in [1.807, 2.05) is 20.8 Å². The summed E-state index contributed by atoms with van der Waals surface area (Å²) in [5, 5.41) is 2.69. The van der Waals surface area contributed by atoms with Crippen LogP contribution < -0.4 is 11.1 Å². The molecule has 0 aromatic heterocycles. The molecule has 1 heterocycles. The van der Waals surface area contributed by atoms with E-state index >= 15 is 0 Å². The summed E-state index contributed by atoms with van der Waals surface area (Å²) in [5.41, 5.74) is 6.23. The molecule has 1 aliphatic heterocycles. The molecule has 0 saturated carbocycles. The highest BCUT2D eigenvalue weighted by molar-refractivity contribution is 7.89. The van der Waals surface area contributed by atoms with Crippen LogP contribution in [0.25, 0.3) is 0 Å². The Kier molecular flexibility index (Phi) is 5.63. The zero-order valence-electron chi connectivity index (χ0n) is 15.2. The van der Waals surface area contributed by atoms with E-state index in [1.165, 1.54) is 19.2 Å². The first-order chi connectivity index (χ1) is 11.6. The van der Waals surface area contributed by atoms with Crippen LogP contribution in [0, 0.1) is 5.82 Å². The van der Waals surface area contributed by atoms with Gasteiger partial charge in [-0.05, 0) is 39.0 Å². The molecule has 0 spiro atoms. The van der Waals surface area contributed by atoms with E-state index in [1.54, 1.807) is 13.1 Å². The molecule has 0 aliphatic carbocycles. The summed E-state index contributed by atoms with van der Waals surface area (Å²) >= 11 is 0.